The molecule has 5 heteroatoms. The zero-order valence-electron chi connectivity index (χ0n) is 11.1. The molecule has 0 radical (unpaired) electrons. The van der Waals surface area contributed by atoms with E-state index in [0.717, 1.165) is 31.5 Å². The first kappa shape index (κ1) is 16.0. The van der Waals surface area contributed by atoms with E-state index < -0.39 is 17.6 Å². The summed E-state index contributed by atoms with van der Waals surface area (Å²) in [6, 6.07) is 3.47. The van der Waals surface area contributed by atoms with Crippen LogP contribution >= 0.6 is 0 Å². The van der Waals surface area contributed by atoms with Crippen molar-refractivity contribution in [2.24, 2.45) is 0 Å². The van der Waals surface area contributed by atoms with Crippen molar-refractivity contribution in [1.82, 2.24) is 5.32 Å². The van der Waals surface area contributed by atoms with Crippen LogP contribution in [0.25, 0.3) is 0 Å². The first-order valence-electron chi connectivity index (χ1n) is 6.47. The van der Waals surface area contributed by atoms with Crippen molar-refractivity contribution in [3.05, 3.63) is 35.1 Å². The molecule has 0 heterocycles. The third-order valence-electron chi connectivity index (χ3n) is 3.11. The molecule has 0 amide bonds. The van der Waals surface area contributed by atoms with E-state index in [2.05, 4.69) is 5.32 Å². The molecule has 1 aromatic rings. The molecule has 0 bridgehead atoms. The first-order chi connectivity index (χ1) is 8.88. The van der Waals surface area contributed by atoms with Gasteiger partial charge in [0, 0.05) is 6.04 Å². The number of hydrogen-bond donors (Lipinski definition) is 1. The lowest BCUT2D eigenvalue weighted by Crippen LogP contribution is -2.28. The Hall–Kier alpha value is -1.10. The maximum absolute atomic E-state index is 13.4. The van der Waals surface area contributed by atoms with E-state index in [1.165, 1.54) is 6.07 Å². The second-order valence-corrected chi connectivity index (χ2v) is 4.51. The van der Waals surface area contributed by atoms with Gasteiger partial charge in [0.1, 0.15) is 5.82 Å². The Balaban J connectivity index is 2.69. The Bertz CT molecular complexity index is 401. The van der Waals surface area contributed by atoms with Gasteiger partial charge in [0.05, 0.1) is 5.56 Å². The number of rotatable bonds is 6. The van der Waals surface area contributed by atoms with Gasteiger partial charge >= 0.3 is 6.18 Å². The van der Waals surface area contributed by atoms with E-state index >= 15 is 0 Å². The van der Waals surface area contributed by atoms with Crippen LogP contribution in [0.1, 0.15) is 37.8 Å². The predicted molar refractivity (Wildman–Crippen MR) is 67.5 cm³/mol. The Kier molecular flexibility index (Phi) is 5.79. The second-order valence-electron chi connectivity index (χ2n) is 4.51. The number of halogens is 4. The lowest BCUT2D eigenvalue weighted by atomic mass is 10.0. The van der Waals surface area contributed by atoms with Gasteiger partial charge in [-0.15, -0.1) is 0 Å². The van der Waals surface area contributed by atoms with E-state index in [9.17, 15) is 17.6 Å². The average Bonchev–Trinajstić information content (AvgIpc) is 2.33. The summed E-state index contributed by atoms with van der Waals surface area (Å²) in [4.78, 5) is 0. The molecule has 1 atom stereocenters. The van der Waals surface area contributed by atoms with Gasteiger partial charge < -0.3 is 5.32 Å². The summed E-state index contributed by atoms with van der Waals surface area (Å²) in [7, 11) is 0. The largest absolute Gasteiger partial charge is 0.419 e. The van der Waals surface area contributed by atoms with Gasteiger partial charge in [0.2, 0.25) is 0 Å². The quantitative estimate of drug-likeness (QED) is 0.770. The third kappa shape index (κ3) is 4.82. The normalized spacial score (nSPS) is 13.6. The van der Waals surface area contributed by atoms with Crippen molar-refractivity contribution < 1.29 is 17.6 Å². The molecule has 0 aliphatic rings. The van der Waals surface area contributed by atoms with E-state index in [1.54, 1.807) is 0 Å². The minimum absolute atomic E-state index is 0.315. The number of aryl methyl sites for hydroxylation is 1. The Morgan fingerprint density at radius 1 is 1.21 bits per heavy atom. The number of nitrogens with one attached hydrogen (secondary N) is 1. The standard InChI is InChI=1S/C14H19F4N/c1-3-11(19-4-2)7-5-10-6-8-12(13(15)9-10)14(16,17)18/h6,8-9,11,19H,3-5,7H2,1-2H3. The van der Waals surface area contributed by atoms with Crippen LogP contribution in [0.2, 0.25) is 0 Å². The van der Waals surface area contributed by atoms with Gasteiger partial charge in [-0.3, -0.25) is 0 Å². The van der Waals surface area contributed by atoms with Gasteiger partial charge in [0.15, 0.2) is 0 Å². The van der Waals surface area contributed by atoms with Crippen LogP contribution in [-0.2, 0) is 12.6 Å². The van der Waals surface area contributed by atoms with Crippen molar-refractivity contribution in [3.8, 4) is 0 Å². The third-order valence-corrected chi connectivity index (χ3v) is 3.11. The molecule has 0 spiro atoms. The maximum Gasteiger partial charge on any atom is 0.419 e. The molecule has 1 rings (SSSR count). The van der Waals surface area contributed by atoms with Gasteiger partial charge in [-0.05, 0) is 43.5 Å². The highest BCUT2D eigenvalue weighted by molar-refractivity contribution is 5.26. The smallest absolute Gasteiger partial charge is 0.314 e. The van der Waals surface area contributed by atoms with Gasteiger partial charge in [-0.2, -0.15) is 13.2 Å². The van der Waals surface area contributed by atoms with Crippen molar-refractivity contribution in [2.75, 3.05) is 6.54 Å². The molecule has 0 aliphatic carbocycles. The fraction of sp³-hybridized carbons (Fsp3) is 0.571. The van der Waals surface area contributed by atoms with E-state index in [4.69, 9.17) is 0 Å². The van der Waals surface area contributed by atoms with Gasteiger partial charge in [-0.1, -0.05) is 19.9 Å². The molecule has 1 unspecified atom stereocenters. The fourth-order valence-electron chi connectivity index (χ4n) is 2.02. The zero-order chi connectivity index (χ0) is 14.5. The minimum Gasteiger partial charge on any atom is -0.314 e. The minimum atomic E-state index is -4.63. The van der Waals surface area contributed by atoms with Crippen molar-refractivity contribution in [2.45, 2.75) is 45.3 Å². The van der Waals surface area contributed by atoms with Gasteiger partial charge in [0.25, 0.3) is 0 Å². The van der Waals surface area contributed by atoms with Crippen molar-refractivity contribution in [1.29, 1.82) is 0 Å². The molecule has 0 saturated carbocycles. The molecule has 0 aromatic heterocycles. The van der Waals surface area contributed by atoms with Crippen LogP contribution in [0, 0.1) is 5.82 Å². The summed E-state index contributed by atoms with van der Waals surface area (Å²) in [5, 5.41) is 3.28. The monoisotopic (exact) mass is 277 g/mol. The Labute approximate surface area is 111 Å². The summed E-state index contributed by atoms with van der Waals surface area (Å²) < 4.78 is 50.6. The molecule has 19 heavy (non-hydrogen) atoms. The summed E-state index contributed by atoms with van der Waals surface area (Å²) in [6.07, 6.45) is -2.33. The highest BCUT2D eigenvalue weighted by Gasteiger charge is 2.33. The number of alkyl halides is 3. The van der Waals surface area contributed by atoms with Crippen LogP contribution < -0.4 is 5.32 Å². The Morgan fingerprint density at radius 2 is 1.89 bits per heavy atom. The van der Waals surface area contributed by atoms with Crippen LogP contribution in [0.5, 0.6) is 0 Å². The summed E-state index contributed by atoms with van der Waals surface area (Å²) >= 11 is 0. The SMILES string of the molecule is CCNC(CC)CCc1ccc(C(F)(F)F)c(F)c1. The number of hydrogen-bond acceptors (Lipinski definition) is 1. The lowest BCUT2D eigenvalue weighted by Gasteiger charge is -2.16. The molecule has 1 nitrogen and oxygen atoms in total. The molecule has 1 N–H and O–H groups in total. The summed E-state index contributed by atoms with van der Waals surface area (Å²) in [5.74, 6) is -1.19. The summed E-state index contributed by atoms with van der Waals surface area (Å²) in [5.41, 5.74) is -0.600. The van der Waals surface area contributed by atoms with Gasteiger partial charge in [-0.25, -0.2) is 4.39 Å². The molecule has 108 valence electrons. The average molecular weight is 277 g/mol. The zero-order valence-corrected chi connectivity index (χ0v) is 11.1. The van der Waals surface area contributed by atoms with Crippen LogP contribution in [0.3, 0.4) is 0 Å². The van der Waals surface area contributed by atoms with E-state index in [0.29, 0.717) is 18.0 Å². The maximum atomic E-state index is 13.4. The fourth-order valence-corrected chi connectivity index (χ4v) is 2.02. The Morgan fingerprint density at radius 3 is 2.37 bits per heavy atom. The molecule has 0 fully saturated rings. The first-order valence-corrected chi connectivity index (χ1v) is 6.47. The van der Waals surface area contributed by atoms with Crippen molar-refractivity contribution >= 4 is 0 Å². The van der Waals surface area contributed by atoms with E-state index in [1.807, 2.05) is 13.8 Å². The summed E-state index contributed by atoms with van der Waals surface area (Å²) in [6.45, 7) is 4.89. The molecular weight excluding hydrogens is 258 g/mol. The van der Waals surface area contributed by atoms with E-state index in [-0.39, 0.29) is 0 Å². The highest BCUT2D eigenvalue weighted by Crippen LogP contribution is 2.31. The predicted octanol–water partition coefficient (Wildman–Crippen LogP) is 4.17. The molecule has 0 saturated heterocycles. The van der Waals surface area contributed by atoms with Crippen LogP contribution in [-0.4, -0.2) is 12.6 Å². The number of benzene rings is 1. The lowest BCUT2D eigenvalue weighted by molar-refractivity contribution is -0.140. The second kappa shape index (κ2) is 6.89. The van der Waals surface area contributed by atoms with Crippen molar-refractivity contribution in [3.63, 3.8) is 0 Å². The topological polar surface area (TPSA) is 12.0 Å². The highest BCUT2D eigenvalue weighted by atomic mass is 19.4. The van der Waals surface area contributed by atoms with Crippen LogP contribution in [0.15, 0.2) is 18.2 Å². The molecular formula is C14H19F4N. The molecule has 0 aliphatic heterocycles. The van der Waals surface area contributed by atoms with Crippen LogP contribution in [0.4, 0.5) is 17.6 Å². The molecule has 1 aromatic carbocycles.